The standard InChI is InChI=1S/C16H28F2O2/c1-14(2,3)19-12-6-11(7-12)8-15(4,5)20-13-9-16(17,18)10-13/h11-13H,6-10H2,1-5H3. The van der Waals surface area contributed by atoms with Gasteiger partial charge in [-0.3, -0.25) is 0 Å². The quantitative estimate of drug-likeness (QED) is 0.739. The van der Waals surface area contributed by atoms with Crippen LogP contribution in [0.25, 0.3) is 0 Å². The van der Waals surface area contributed by atoms with E-state index in [1.165, 1.54) is 0 Å². The Balaban J connectivity index is 1.67. The molecule has 4 heteroatoms. The molecule has 0 aliphatic heterocycles. The van der Waals surface area contributed by atoms with Crippen molar-refractivity contribution in [3.8, 4) is 0 Å². The summed E-state index contributed by atoms with van der Waals surface area (Å²) in [6, 6.07) is 0. The Morgan fingerprint density at radius 1 is 0.950 bits per heavy atom. The maximum atomic E-state index is 12.8. The van der Waals surface area contributed by atoms with Crippen LogP contribution in [0.15, 0.2) is 0 Å². The van der Waals surface area contributed by atoms with E-state index in [0.29, 0.717) is 12.0 Å². The molecule has 2 nitrogen and oxygen atoms in total. The molecule has 0 aromatic rings. The number of hydrogen-bond donors (Lipinski definition) is 0. The molecule has 2 saturated carbocycles. The Hall–Kier alpha value is -0.220. The molecule has 2 aliphatic rings. The van der Waals surface area contributed by atoms with E-state index in [2.05, 4.69) is 20.8 Å². The predicted octanol–water partition coefficient (Wildman–Crippen LogP) is 4.56. The second-order valence-corrected chi connectivity index (χ2v) is 8.16. The maximum Gasteiger partial charge on any atom is 0.253 e. The Morgan fingerprint density at radius 3 is 1.95 bits per heavy atom. The second-order valence-electron chi connectivity index (χ2n) is 8.16. The first kappa shape index (κ1) is 16.2. The molecule has 0 bridgehead atoms. The van der Waals surface area contributed by atoms with Gasteiger partial charge in [-0.2, -0.15) is 0 Å². The molecule has 0 aromatic heterocycles. The Bertz CT molecular complexity index is 333. The minimum Gasteiger partial charge on any atom is -0.373 e. The Morgan fingerprint density at radius 2 is 1.50 bits per heavy atom. The fourth-order valence-corrected chi connectivity index (χ4v) is 3.32. The predicted molar refractivity (Wildman–Crippen MR) is 75.1 cm³/mol. The summed E-state index contributed by atoms with van der Waals surface area (Å²) in [7, 11) is 0. The van der Waals surface area contributed by atoms with Gasteiger partial charge in [0.1, 0.15) is 0 Å². The van der Waals surface area contributed by atoms with E-state index in [1.807, 2.05) is 13.8 Å². The average Bonchev–Trinajstić information content (AvgIpc) is 2.07. The van der Waals surface area contributed by atoms with E-state index < -0.39 is 5.92 Å². The van der Waals surface area contributed by atoms with Crippen LogP contribution in [0.5, 0.6) is 0 Å². The minimum atomic E-state index is -2.50. The van der Waals surface area contributed by atoms with Gasteiger partial charge < -0.3 is 9.47 Å². The topological polar surface area (TPSA) is 18.5 Å². The molecule has 0 amide bonds. The highest BCUT2D eigenvalue weighted by Gasteiger charge is 2.48. The normalized spacial score (nSPS) is 30.8. The zero-order valence-corrected chi connectivity index (χ0v) is 13.3. The third kappa shape index (κ3) is 4.66. The number of rotatable bonds is 5. The molecular formula is C16H28F2O2. The van der Waals surface area contributed by atoms with Crippen molar-refractivity contribution in [2.75, 3.05) is 0 Å². The van der Waals surface area contributed by atoms with E-state index in [9.17, 15) is 8.78 Å². The summed E-state index contributed by atoms with van der Waals surface area (Å²) in [5.74, 6) is -1.90. The summed E-state index contributed by atoms with van der Waals surface area (Å²) in [5.41, 5.74) is -0.391. The molecule has 0 radical (unpaired) electrons. The van der Waals surface area contributed by atoms with Crippen molar-refractivity contribution in [3.63, 3.8) is 0 Å². The maximum absolute atomic E-state index is 12.8. The third-order valence-corrected chi connectivity index (χ3v) is 4.03. The summed E-state index contributed by atoms with van der Waals surface area (Å²) in [4.78, 5) is 0. The summed E-state index contributed by atoms with van der Waals surface area (Å²) in [6.07, 6.45) is 2.91. The van der Waals surface area contributed by atoms with Gasteiger partial charge >= 0.3 is 0 Å². The molecule has 0 aromatic carbocycles. The summed E-state index contributed by atoms with van der Waals surface area (Å²) in [5, 5.41) is 0. The molecular weight excluding hydrogens is 262 g/mol. The number of ether oxygens (including phenoxy) is 2. The van der Waals surface area contributed by atoms with Crippen LogP contribution in [0.1, 0.15) is 66.7 Å². The summed E-state index contributed by atoms with van der Waals surface area (Å²) >= 11 is 0. The number of hydrogen-bond acceptors (Lipinski definition) is 2. The van der Waals surface area contributed by atoms with Gasteiger partial charge in [-0.1, -0.05) is 0 Å². The molecule has 2 aliphatic carbocycles. The van der Waals surface area contributed by atoms with Crippen molar-refractivity contribution in [2.24, 2.45) is 5.92 Å². The van der Waals surface area contributed by atoms with Gasteiger partial charge in [0.15, 0.2) is 0 Å². The van der Waals surface area contributed by atoms with Gasteiger partial charge in [0.05, 0.1) is 23.4 Å². The smallest absolute Gasteiger partial charge is 0.253 e. The zero-order chi connectivity index (χ0) is 15.2. The van der Waals surface area contributed by atoms with E-state index >= 15 is 0 Å². The fraction of sp³-hybridized carbons (Fsp3) is 1.00. The van der Waals surface area contributed by atoms with Gasteiger partial charge in [-0.05, 0) is 59.8 Å². The fourth-order valence-electron chi connectivity index (χ4n) is 3.32. The largest absolute Gasteiger partial charge is 0.373 e. The minimum absolute atomic E-state index is 0.0842. The van der Waals surface area contributed by atoms with Crippen LogP contribution < -0.4 is 0 Å². The monoisotopic (exact) mass is 290 g/mol. The van der Waals surface area contributed by atoms with Gasteiger partial charge in [-0.25, -0.2) is 8.78 Å². The lowest BCUT2D eigenvalue weighted by Gasteiger charge is -2.45. The lowest BCUT2D eigenvalue weighted by Crippen LogP contribution is -2.47. The third-order valence-electron chi connectivity index (χ3n) is 4.03. The van der Waals surface area contributed by atoms with E-state index in [1.54, 1.807) is 0 Å². The van der Waals surface area contributed by atoms with E-state index in [-0.39, 0.29) is 30.1 Å². The van der Waals surface area contributed by atoms with Crippen LogP contribution in [0.2, 0.25) is 0 Å². The van der Waals surface area contributed by atoms with Crippen molar-refractivity contribution >= 4 is 0 Å². The van der Waals surface area contributed by atoms with Crippen molar-refractivity contribution < 1.29 is 18.3 Å². The van der Waals surface area contributed by atoms with Crippen LogP contribution in [-0.2, 0) is 9.47 Å². The van der Waals surface area contributed by atoms with Crippen molar-refractivity contribution in [2.45, 2.75) is 96.1 Å². The average molecular weight is 290 g/mol. The van der Waals surface area contributed by atoms with Gasteiger partial charge in [0.25, 0.3) is 5.92 Å². The van der Waals surface area contributed by atoms with Gasteiger partial charge in [0.2, 0.25) is 0 Å². The van der Waals surface area contributed by atoms with Crippen LogP contribution >= 0.6 is 0 Å². The molecule has 0 saturated heterocycles. The van der Waals surface area contributed by atoms with Gasteiger partial charge in [-0.15, -0.1) is 0 Å². The SMILES string of the molecule is CC(C)(C)OC1CC(CC(C)(C)OC2CC(F)(F)C2)C1. The lowest BCUT2D eigenvalue weighted by molar-refractivity contribution is -0.209. The molecule has 0 atom stereocenters. The van der Waals surface area contributed by atoms with Gasteiger partial charge in [0, 0.05) is 12.8 Å². The van der Waals surface area contributed by atoms with Crippen LogP contribution in [0.3, 0.4) is 0 Å². The number of alkyl halides is 2. The number of halogens is 2. The first-order chi connectivity index (χ1) is 8.94. The summed E-state index contributed by atoms with van der Waals surface area (Å²) < 4.78 is 37.4. The van der Waals surface area contributed by atoms with Crippen LogP contribution in [-0.4, -0.2) is 29.3 Å². The molecule has 20 heavy (non-hydrogen) atoms. The molecule has 118 valence electrons. The van der Waals surface area contributed by atoms with E-state index in [0.717, 1.165) is 19.3 Å². The van der Waals surface area contributed by atoms with Crippen molar-refractivity contribution in [1.29, 1.82) is 0 Å². The highest BCUT2D eigenvalue weighted by molar-refractivity contribution is 4.91. The summed E-state index contributed by atoms with van der Waals surface area (Å²) in [6.45, 7) is 10.3. The highest BCUT2D eigenvalue weighted by Crippen LogP contribution is 2.44. The Kier molecular flexibility index (Phi) is 4.20. The van der Waals surface area contributed by atoms with Crippen molar-refractivity contribution in [1.82, 2.24) is 0 Å². The molecule has 0 spiro atoms. The Labute approximate surface area is 121 Å². The first-order valence-corrected chi connectivity index (χ1v) is 7.68. The molecule has 2 rings (SSSR count). The molecule has 0 N–H and O–H groups in total. The lowest BCUT2D eigenvalue weighted by atomic mass is 9.75. The first-order valence-electron chi connectivity index (χ1n) is 7.68. The second kappa shape index (κ2) is 5.20. The molecule has 0 heterocycles. The van der Waals surface area contributed by atoms with Crippen LogP contribution in [0.4, 0.5) is 8.78 Å². The molecule has 2 fully saturated rings. The molecule has 0 unspecified atom stereocenters. The van der Waals surface area contributed by atoms with Crippen molar-refractivity contribution in [3.05, 3.63) is 0 Å². The zero-order valence-electron chi connectivity index (χ0n) is 13.3. The highest BCUT2D eigenvalue weighted by atomic mass is 19.3. The van der Waals surface area contributed by atoms with E-state index in [4.69, 9.17) is 9.47 Å². The van der Waals surface area contributed by atoms with Crippen LogP contribution in [0, 0.1) is 5.92 Å².